The molecule has 1 aromatic carbocycles. The monoisotopic (exact) mass is 472 g/mol. The zero-order chi connectivity index (χ0) is 23.3. The van der Waals surface area contributed by atoms with Gasteiger partial charge in [0.05, 0.1) is 31.0 Å². The molecule has 1 fully saturated rings. The highest BCUT2D eigenvalue weighted by Crippen LogP contribution is 2.38. The number of aryl methyl sites for hydroxylation is 1. The summed E-state index contributed by atoms with van der Waals surface area (Å²) in [5.41, 5.74) is 2.94. The van der Waals surface area contributed by atoms with Crippen molar-refractivity contribution >= 4 is 28.0 Å². The molecule has 3 aromatic rings. The summed E-state index contributed by atoms with van der Waals surface area (Å²) in [4.78, 5) is 30.5. The van der Waals surface area contributed by atoms with Crippen molar-refractivity contribution in [3.05, 3.63) is 54.2 Å². The number of benzene rings is 1. The van der Waals surface area contributed by atoms with Crippen molar-refractivity contribution in [3.8, 4) is 11.4 Å². The lowest BCUT2D eigenvalue weighted by molar-refractivity contribution is -0.116. The van der Waals surface area contributed by atoms with E-state index in [0.29, 0.717) is 56.4 Å². The fraction of sp³-hybridized carbons (Fsp3) is 0.364. The zero-order valence-corrected chi connectivity index (χ0v) is 19.2. The lowest BCUT2D eigenvalue weighted by Crippen LogP contribution is -2.37. The molecule has 2 aromatic heterocycles. The Bertz CT molecular complexity index is 1060. The highest BCUT2D eigenvalue weighted by molar-refractivity contribution is 8.23. The van der Waals surface area contributed by atoms with Gasteiger partial charge in [0.15, 0.2) is 5.82 Å². The van der Waals surface area contributed by atoms with Gasteiger partial charge in [0.25, 0.3) is 0 Å². The van der Waals surface area contributed by atoms with E-state index in [0.717, 1.165) is 17.1 Å². The number of H-pyrrole nitrogens is 1. The Morgan fingerprint density at radius 2 is 1.97 bits per heavy atom. The van der Waals surface area contributed by atoms with E-state index in [1.165, 1.54) is 6.26 Å². The molecule has 0 atom stereocenters. The summed E-state index contributed by atoms with van der Waals surface area (Å²) >= 11 is 0. The number of nitrogens with one attached hydrogen (secondary N) is 2. The number of carbonyl (C=O) groups is 1. The second-order valence-corrected chi connectivity index (χ2v) is 10.3. The molecule has 0 radical (unpaired) electrons. The average Bonchev–Trinajstić information content (AvgIpc) is 3.31. The standard InChI is InChI=1S/C22H28N6O4S/c1-33(30,31)14-19-12-20(28-8-10-32-11-9-28)27-22(26-19)16-2-4-17(5-3-16)25-21(29)7-6-18-13-23-15-24-18/h2-5,12-13,15,30-31H,6-11,14H2,1H3,(H,23,24)(H,25,29). The minimum absolute atomic E-state index is 0.0599. The van der Waals surface area contributed by atoms with Crippen LogP contribution in [0.3, 0.4) is 0 Å². The van der Waals surface area contributed by atoms with Crippen molar-refractivity contribution in [2.24, 2.45) is 0 Å². The molecule has 4 rings (SSSR count). The quantitative estimate of drug-likeness (QED) is 0.392. The zero-order valence-electron chi connectivity index (χ0n) is 18.4. The van der Waals surface area contributed by atoms with Crippen LogP contribution in [0.2, 0.25) is 0 Å². The Morgan fingerprint density at radius 3 is 2.64 bits per heavy atom. The summed E-state index contributed by atoms with van der Waals surface area (Å²) < 4.78 is 25.3. The largest absolute Gasteiger partial charge is 0.378 e. The normalized spacial score (nSPS) is 14.8. The van der Waals surface area contributed by atoms with Crippen molar-refractivity contribution in [2.75, 3.05) is 42.8 Å². The summed E-state index contributed by atoms with van der Waals surface area (Å²) in [5.74, 6) is 1.20. The molecule has 3 heterocycles. The molecule has 1 amide bonds. The predicted octanol–water partition coefficient (Wildman–Crippen LogP) is 3.16. The van der Waals surface area contributed by atoms with Crippen LogP contribution in [-0.4, -0.2) is 67.5 Å². The molecule has 0 unspecified atom stereocenters. The number of ether oxygens (including phenoxy) is 1. The molecule has 176 valence electrons. The number of nitrogens with zero attached hydrogens (tertiary/aromatic N) is 4. The van der Waals surface area contributed by atoms with Crippen LogP contribution in [0.1, 0.15) is 17.8 Å². The number of amides is 1. The number of imidazole rings is 1. The minimum Gasteiger partial charge on any atom is -0.378 e. The first kappa shape index (κ1) is 23.2. The molecule has 4 N–H and O–H groups in total. The molecule has 11 heteroatoms. The topological polar surface area (TPSA) is 136 Å². The van der Waals surface area contributed by atoms with Crippen LogP contribution in [0.25, 0.3) is 11.4 Å². The molecule has 0 spiro atoms. The van der Waals surface area contributed by atoms with Crippen molar-refractivity contribution in [2.45, 2.75) is 18.6 Å². The Morgan fingerprint density at radius 1 is 1.21 bits per heavy atom. The lowest BCUT2D eigenvalue weighted by Gasteiger charge is -2.30. The molecule has 10 nitrogen and oxygen atoms in total. The molecule has 1 aliphatic heterocycles. The number of rotatable bonds is 8. The van der Waals surface area contributed by atoms with Gasteiger partial charge in [-0.3, -0.25) is 13.9 Å². The van der Waals surface area contributed by atoms with E-state index in [-0.39, 0.29) is 11.7 Å². The maximum atomic E-state index is 12.2. The van der Waals surface area contributed by atoms with Crippen molar-refractivity contribution < 1.29 is 18.6 Å². The lowest BCUT2D eigenvalue weighted by atomic mass is 10.1. The van der Waals surface area contributed by atoms with Gasteiger partial charge in [-0.25, -0.2) is 15.0 Å². The predicted molar refractivity (Wildman–Crippen MR) is 129 cm³/mol. The van der Waals surface area contributed by atoms with Crippen LogP contribution in [0.4, 0.5) is 11.5 Å². The smallest absolute Gasteiger partial charge is 0.224 e. The van der Waals surface area contributed by atoms with Crippen LogP contribution in [0, 0.1) is 0 Å². The van der Waals surface area contributed by atoms with Crippen LogP contribution in [0.15, 0.2) is 42.9 Å². The summed E-state index contributed by atoms with van der Waals surface area (Å²) in [6, 6.07) is 9.11. The minimum atomic E-state index is -2.75. The van der Waals surface area contributed by atoms with Gasteiger partial charge in [0.2, 0.25) is 5.91 Å². The Kier molecular flexibility index (Phi) is 7.23. The number of anilines is 2. The second-order valence-electron chi connectivity index (χ2n) is 7.98. The third-order valence-corrected chi connectivity index (χ3v) is 5.97. The van der Waals surface area contributed by atoms with Gasteiger partial charge in [-0.1, -0.05) is 0 Å². The second kappa shape index (κ2) is 10.3. The van der Waals surface area contributed by atoms with Crippen LogP contribution >= 0.6 is 10.6 Å². The summed E-state index contributed by atoms with van der Waals surface area (Å²) in [6.07, 6.45) is 5.65. The fourth-order valence-electron chi connectivity index (χ4n) is 3.52. The van der Waals surface area contributed by atoms with Crippen molar-refractivity contribution in [1.82, 2.24) is 19.9 Å². The summed E-state index contributed by atoms with van der Waals surface area (Å²) in [7, 11) is -2.75. The summed E-state index contributed by atoms with van der Waals surface area (Å²) in [6.45, 7) is 2.66. The van der Waals surface area contributed by atoms with E-state index >= 15 is 0 Å². The van der Waals surface area contributed by atoms with Gasteiger partial charge >= 0.3 is 0 Å². The van der Waals surface area contributed by atoms with E-state index in [4.69, 9.17) is 9.72 Å². The number of hydrogen-bond acceptors (Lipinski definition) is 8. The van der Waals surface area contributed by atoms with E-state index in [9.17, 15) is 13.9 Å². The molecule has 1 aliphatic rings. The maximum Gasteiger partial charge on any atom is 0.224 e. The first-order valence-electron chi connectivity index (χ1n) is 10.6. The molecule has 0 aliphatic carbocycles. The summed E-state index contributed by atoms with van der Waals surface area (Å²) in [5, 5.41) is 2.89. The molecule has 33 heavy (non-hydrogen) atoms. The molecule has 0 bridgehead atoms. The number of morpholine rings is 1. The Labute approximate surface area is 193 Å². The van der Waals surface area contributed by atoms with Crippen molar-refractivity contribution in [1.29, 1.82) is 0 Å². The molecular weight excluding hydrogens is 444 g/mol. The van der Waals surface area contributed by atoms with E-state index in [1.54, 1.807) is 30.7 Å². The van der Waals surface area contributed by atoms with Gasteiger partial charge in [-0.2, -0.15) is 10.6 Å². The Balaban J connectivity index is 1.49. The average molecular weight is 473 g/mol. The number of hydrogen-bond donors (Lipinski definition) is 4. The Hall–Kier alpha value is -2.99. The fourth-order valence-corrected chi connectivity index (χ4v) is 4.22. The van der Waals surface area contributed by atoms with Crippen LogP contribution < -0.4 is 10.2 Å². The number of aromatic nitrogens is 4. The van der Waals surface area contributed by atoms with Gasteiger partial charge in [-0.05, 0) is 30.7 Å². The van der Waals surface area contributed by atoms with E-state index < -0.39 is 10.6 Å². The van der Waals surface area contributed by atoms with Crippen LogP contribution in [0.5, 0.6) is 0 Å². The number of aromatic amines is 1. The third-order valence-electron chi connectivity index (χ3n) is 5.13. The van der Waals surface area contributed by atoms with Gasteiger partial charge in [0.1, 0.15) is 5.82 Å². The highest BCUT2D eigenvalue weighted by Gasteiger charge is 2.18. The van der Waals surface area contributed by atoms with E-state index in [2.05, 4.69) is 25.2 Å². The van der Waals surface area contributed by atoms with Gasteiger partial charge in [-0.15, -0.1) is 0 Å². The number of carbonyl (C=O) groups excluding carboxylic acids is 1. The van der Waals surface area contributed by atoms with Gasteiger partial charge in [0, 0.05) is 55.0 Å². The SMILES string of the molecule is CS(O)(O)Cc1cc(N2CCOCC2)nc(-c2ccc(NC(=O)CCc3cnc[nH]3)cc2)n1. The molecule has 0 saturated carbocycles. The van der Waals surface area contributed by atoms with Gasteiger partial charge < -0.3 is 19.9 Å². The van der Waals surface area contributed by atoms with E-state index in [1.807, 2.05) is 12.1 Å². The molecule has 1 saturated heterocycles. The highest BCUT2D eigenvalue weighted by atomic mass is 32.3. The first-order valence-corrected chi connectivity index (χ1v) is 12.8. The van der Waals surface area contributed by atoms with Crippen molar-refractivity contribution in [3.63, 3.8) is 0 Å². The van der Waals surface area contributed by atoms with Crippen LogP contribution in [-0.2, 0) is 21.7 Å². The molecular formula is C22H28N6O4S. The third kappa shape index (κ3) is 6.75. The first-order chi connectivity index (χ1) is 15.9. The maximum absolute atomic E-state index is 12.2.